The molecule has 2 atom stereocenters. The van der Waals surface area contributed by atoms with Gasteiger partial charge in [-0.2, -0.15) is 5.26 Å². The number of nitrogens with zero attached hydrogens (tertiary/aromatic N) is 6. The topological polar surface area (TPSA) is 145 Å². The summed E-state index contributed by atoms with van der Waals surface area (Å²) < 4.78 is 7.43. The molecule has 0 radical (unpaired) electrons. The van der Waals surface area contributed by atoms with Crippen LogP contribution < -0.4 is 4.90 Å². The van der Waals surface area contributed by atoms with Gasteiger partial charge in [0.1, 0.15) is 5.75 Å². The Hall–Kier alpha value is -6.29. The third-order valence-corrected chi connectivity index (χ3v) is 11.6. The predicted octanol–water partition coefficient (Wildman–Crippen LogP) is 6.37. The molecule has 2 fully saturated rings. The summed E-state index contributed by atoms with van der Waals surface area (Å²) in [4.78, 5) is 47.4. The molecule has 0 bridgehead atoms. The Kier molecular flexibility index (Phi) is 9.20. The predicted molar refractivity (Wildman–Crippen MR) is 206 cm³/mol. The van der Waals surface area contributed by atoms with Gasteiger partial charge < -0.3 is 24.2 Å². The molecular formula is C43H40N6O6. The van der Waals surface area contributed by atoms with Crippen molar-refractivity contribution in [3.8, 4) is 23.1 Å². The van der Waals surface area contributed by atoms with Gasteiger partial charge in [-0.15, -0.1) is 0 Å². The zero-order valence-corrected chi connectivity index (χ0v) is 30.6. The van der Waals surface area contributed by atoms with Crippen LogP contribution in [0.2, 0.25) is 0 Å². The number of aromatic hydroxyl groups is 1. The van der Waals surface area contributed by atoms with E-state index in [0.717, 1.165) is 25.1 Å². The number of rotatable bonds is 8. The van der Waals surface area contributed by atoms with E-state index in [1.165, 1.54) is 34.7 Å². The number of amides is 2. The molecule has 1 spiro atoms. The summed E-state index contributed by atoms with van der Waals surface area (Å²) >= 11 is 0. The fourth-order valence-electron chi connectivity index (χ4n) is 8.39. The van der Waals surface area contributed by atoms with E-state index in [4.69, 9.17) is 4.74 Å². The van der Waals surface area contributed by atoms with Gasteiger partial charge in [0.15, 0.2) is 0 Å². The van der Waals surface area contributed by atoms with Crippen LogP contribution in [0, 0.1) is 28.4 Å². The first-order valence-electron chi connectivity index (χ1n) is 18.3. The first-order valence-corrected chi connectivity index (χ1v) is 18.3. The molecule has 3 aliphatic rings. The van der Waals surface area contributed by atoms with Gasteiger partial charge in [-0.05, 0) is 78.9 Å². The Balaban J connectivity index is 1.21. The lowest BCUT2D eigenvalue weighted by Gasteiger charge is -2.41. The molecular weight excluding hydrogens is 697 g/mol. The van der Waals surface area contributed by atoms with Gasteiger partial charge in [0.2, 0.25) is 0 Å². The highest BCUT2D eigenvalue weighted by Crippen LogP contribution is 2.52. The molecule has 278 valence electrons. The van der Waals surface area contributed by atoms with Crippen molar-refractivity contribution in [1.29, 1.82) is 5.26 Å². The molecule has 12 heteroatoms. The number of phenols is 1. The average molecular weight is 737 g/mol. The quantitative estimate of drug-likeness (QED) is 0.143. The van der Waals surface area contributed by atoms with E-state index in [9.17, 15) is 25.3 Å². The van der Waals surface area contributed by atoms with Crippen LogP contribution in [-0.2, 0) is 31.3 Å². The number of morpholine rings is 1. The number of aromatic nitrogens is 1. The number of phenolic OH excluding ortho intramolecular Hbond substituents is 1. The highest BCUT2D eigenvalue weighted by molar-refractivity contribution is 6.08. The summed E-state index contributed by atoms with van der Waals surface area (Å²) in [5, 5.41) is 32.0. The zero-order valence-electron chi connectivity index (χ0n) is 30.6. The van der Waals surface area contributed by atoms with Gasteiger partial charge in [-0.25, -0.2) is 0 Å². The van der Waals surface area contributed by atoms with Crippen LogP contribution in [0.15, 0.2) is 97.1 Å². The number of carbonyl (C=O) groups is 2. The van der Waals surface area contributed by atoms with Crippen molar-refractivity contribution in [2.45, 2.75) is 44.4 Å². The summed E-state index contributed by atoms with van der Waals surface area (Å²) in [6, 6.07) is 29.9. The number of fused-ring (bicyclic) bond motifs is 1. The van der Waals surface area contributed by atoms with Crippen molar-refractivity contribution in [2.24, 2.45) is 7.05 Å². The van der Waals surface area contributed by atoms with Crippen molar-refractivity contribution < 1.29 is 24.4 Å². The summed E-state index contributed by atoms with van der Waals surface area (Å²) in [6.45, 7) is 5.15. The smallest absolute Gasteiger partial charge is 0.270 e. The maximum Gasteiger partial charge on any atom is 0.270 e. The molecule has 3 heterocycles. The van der Waals surface area contributed by atoms with E-state index in [1.807, 2.05) is 17.0 Å². The van der Waals surface area contributed by atoms with Gasteiger partial charge >= 0.3 is 0 Å². The summed E-state index contributed by atoms with van der Waals surface area (Å²) in [5.74, 6) is -0.564. The van der Waals surface area contributed by atoms with E-state index in [2.05, 4.69) is 23.1 Å². The van der Waals surface area contributed by atoms with Crippen LogP contribution >= 0.6 is 0 Å². The molecule has 55 heavy (non-hydrogen) atoms. The number of hydrogen-bond donors (Lipinski definition) is 1. The standard InChI is InChI=1S/C43H40N6O6/c1-28-37(41(51)47(33-11-14-35(50)15-12-33)26-31-9-6-4-8-30(31)25-44)22-39(45(28)2)38-21-34(49(53)54)13-16-36(38)42(52)48-27-32-10-5-3-7-29(32)23-43(48)24-40(43)46-17-19-55-20-18-46/h3-16,21-22,40,50H,17-20,23-24,26-27H2,1-2H3. The molecule has 1 saturated carbocycles. The molecule has 12 nitrogen and oxygen atoms in total. The highest BCUT2D eigenvalue weighted by Gasteiger charge is 2.63. The molecule has 1 aliphatic carbocycles. The Morgan fingerprint density at radius 1 is 0.982 bits per heavy atom. The first kappa shape index (κ1) is 35.7. The number of nitro groups is 1. The third-order valence-electron chi connectivity index (χ3n) is 11.6. The van der Waals surface area contributed by atoms with Gasteiger partial charge in [0.05, 0.1) is 47.4 Å². The van der Waals surface area contributed by atoms with Crippen molar-refractivity contribution in [2.75, 3.05) is 31.2 Å². The van der Waals surface area contributed by atoms with Crippen molar-refractivity contribution in [1.82, 2.24) is 14.4 Å². The molecule has 1 saturated heterocycles. The summed E-state index contributed by atoms with van der Waals surface area (Å²) in [6.07, 6.45) is 1.53. The largest absolute Gasteiger partial charge is 0.508 e. The number of anilines is 1. The summed E-state index contributed by atoms with van der Waals surface area (Å²) in [7, 11) is 1.78. The minimum absolute atomic E-state index is 0.0380. The van der Waals surface area contributed by atoms with E-state index < -0.39 is 10.5 Å². The number of ether oxygens (including phenoxy) is 1. The fourth-order valence-corrected chi connectivity index (χ4v) is 8.39. The first-order chi connectivity index (χ1) is 26.6. The van der Waals surface area contributed by atoms with Crippen molar-refractivity contribution in [3.05, 3.63) is 146 Å². The average Bonchev–Trinajstić information content (AvgIpc) is 3.84. The minimum atomic E-state index is -0.479. The zero-order chi connectivity index (χ0) is 38.4. The van der Waals surface area contributed by atoms with Crippen molar-refractivity contribution in [3.63, 3.8) is 0 Å². The van der Waals surface area contributed by atoms with Crippen LogP contribution in [0.3, 0.4) is 0 Å². The maximum atomic E-state index is 15.1. The van der Waals surface area contributed by atoms with Crippen LogP contribution in [-0.4, -0.2) is 74.1 Å². The second-order valence-electron chi connectivity index (χ2n) is 14.6. The van der Waals surface area contributed by atoms with Gasteiger partial charge in [-0.1, -0.05) is 42.5 Å². The Morgan fingerprint density at radius 2 is 1.69 bits per heavy atom. The Morgan fingerprint density at radius 3 is 2.42 bits per heavy atom. The van der Waals surface area contributed by atoms with E-state index in [1.54, 1.807) is 67.1 Å². The van der Waals surface area contributed by atoms with E-state index in [-0.39, 0.29) is 35.8 Å². The number of nitro benzene ring substituents is 1. The van der Waals surface area contributed by atoms with Gasteiger partial charge in [0, 0.05) is 73.1 Å². The molecule has 2 amide bonds. The number of carbonyl (C=O) groups excluding carboxylic acids is 2. The number of nitriles is 1. The molecule has 2 aliphatic heterocycles. The minimum Gasteiger partial charge on any atom is -0.508 e. The number of benzene rings is 4. The lowest BCUT2D eigenvalue weighted by Crippen LogP contribution is -2.52. The fraction of sp³-hybridized carbons (Fsp3) is 0.279. The summed E-state index contributed by atoms with van der Waals surface area (Å²) in [5.41, 5.74) is 5.31. The highest BCUT2D eigenvalue weighted by atomic mass is 16.6. The number of non-ortho nitro benzene ring substituents is 1. The van der Waals surface area contributed by atoms with E-state index >= 15 is 4.79 Å². The lowest BCUT2D eigenvalue weighted by molar-refractivity contribution is -0.384. The van der Waals surface area contributed by atoms with Crippen LogP contribution in [0.5, 0.6) is 5.75 Å². The molecule has 1 N–H and O–H groups in total. The van der Waals surface area contributed by atoms with Crippen LogP contribution in [0.4, 0.5) is 11.4 Å². The normalized spacial score (nSPS) is 19.1. The van der Waals surface area contributed by atoms with E-state index in [0.29, 0.717) is 71.1 Å². The monoisotopic (exact) mass is 736 g/mol. The van der Waals surface area contributed by atoms with Crippen LogP contribution in [0.25, 0.3) is 11.3 Å². The molecule has 5 aromatic rings. The molecule has 4 aromatic carbocycles. The molecule has 8 rings (SSSR count). The second-order valence-corrected chi connectivity index (χ2v) is 14.6. The SMILES string of the molecule is Cc1c(C(=O)N(Cc2ccccc2C#N)c2ccc(O)cc2)cc(-c2cc([N+](=O)[O-])ccc2C(=O)N2Cc3ccccc3CC23CC3N2CCOCC2)n1C. The Labute approximate surface area is 318 Å². The van der Waals surface area contributed by atoms with Gasteiger partial charge in [-0.3, -0.25) is 24.6 Å². The number of hydrogen-bond acceptors (Lipinski definition) is 8. The second kappa shape index (κ2) is 14.2. The molecule has 2 unspecified atom stereocenters. The lowest BCUT2D eigenvalue weighted by atomic mass is 9.90. The Bertz CT molecular complexity index is 2380. The van der Waals surface area contributed by atoms with Gasteiger partial charge in [0.25, 0.3) is 17.5 Å². The molecule has 1 aromatic heterocycles. The maximum absolute atomic E-state index is 15.1. The third kappa shape index (κ3) is 6.41. The van der Waals surface area contributed by atoms with Crippen molar-refractivity contribution >= 4 is 23.2 Å². The van der Waals surface area contributed by atoms with Crippen LogP contribution in [0.1, 0.15) is 55.1 Å².